The van der Waals surface area contributed by atoms with Gasteiger partial charge in [-0.25, -0.2) is 9.78 Å². The van der Waals surface area contributed by atoms with Crippen LogP contribution in [-0.4, -0.2) is 24.1 Å². The second-order valence-corrected chi connectivity index (χ2v) is 3.85. The second kappa shape index (κ2) is 2.75. The molecule has 1 aliphatic heterocycles. The summed E-state index contributed by atoms with van der Waals surface area (Å²) in [5, 5.41) is 3.52. The van der Waals surface area contributed by atoms with Crippen LogP contribution >= 0.6 is 11.3 Å². The van der Waals surface area contributed by atoms with Crippen LogP contribution in [0.2, 0.25) is 0 Å². The van der Waals surface area contributed by atoms with Crippen molar-refractivity contribution in [3.05, 3.63) is 11.1 Å². The summed E-state index contributed by atoms with van der Waals surface area (Å²) in [6.07, 6.45) is 1.78. The number of aryl methyl sites for hydroxylation is 1. The SMILES string of the molecule is Cc1cnc(N2CCNC2=O)s1. The Balaban J connectivity index is 2.24. The quantitative estimate of drug-likeness (QED) is 0.705. The molecule has 1 aromatic rings. The summed E-state index contributed by atoms with van der Waals surface area (Å²) in [6.45, 7) is 3.43. The standard InChI is InChI=1S/C7H9N3OS/c1-5-4-9-7(12-5)10-3-2-8-6(10)11/h4H,2-3H2,1H3,(H,8,11). The molecule has 0 bridgehead atoms. The van der Waals surface area contributed by atoms with E-state index in [9.17, 15) is 4.79 Å². The normalized spacial score (nSPS) is 16.8. The molecule has 5 heteroatoms. The monoisotopic (exact) mass is 183 g/mol. The van der Waals surface area contributed by atoms with Gasteiger partial charge in [0.15, 0.2) is 5.13 Å². The molecule has 1 fully saturated rings. The topological polar surface area (TPSA) is 45.2 Å². The van der Waals surface area contributed by atoms with Gasteiger partial charge < -0.3 is 5.32 Å². The highest BCUT2D eigenvalue weighted by molar-refractivity contribution is 7.15. The molecule has 0 radical (unpaired) electrons. The third-order valence-electron chi connectivity index (χ3n) is 1.70. The second-order valence-electron chi connectivity index (χ2n) is 2.64. The number of urea groups is 1. The maximum atomic E-state index is 11.2. The van der Waals surface area contributed by atoms with E-state index < -0.39 is 0 Å². The molecule has 2 rings (SSSR count). The lowest BCUT2D eigenvalue weighted by atomic mass is 10.6. The number of carbonyl (C=O) groups excluding carboxylic acids is 1. The lowest BCUT2D eigenvalue weighted by molar-refractivity contribution is 0.252. The number of amides is 2. The molecular weight excluding hydrogens is 174 g/mol. The summed E-state index contributed by atoms with van der Waals surface area (Å²) in [4.78, 5) is 18.1. The Morgan fingerprint density at radius 3 is 3.08 bits per heavy atom. The van der Waals surface area contributed by atoms with Crippen molar-refractivity contribution < 1.29 is 4.79 Å². The highest BCUT2D eigenvalue weighted by Crippen LogP contribution is 2.22. The van der Waals surface area contributed by atoms with Crippen LogP contribution in [0, 0.1) is 6.92 Å². The highest BCUT2D eigenvalue weighted by Gasteiger charge is 2.23. The van der Waals surface area contributed by atoms with Crippen molar-refractivity contribution in [2.75, 3.05) is 18.0 Å². The van der Waals surface area contributed by atoms with Gasteiger partial charge in [-0.1, -0.05) is 0 Å². The zero-order chi connectivity index (χ0) is 8.55. The van der Waals surface area contributed by atoms with Crippen LogP contribution in [-0.2, 0) is 0 Å². The van der Waals surface area contributed by atoms with Crippen molar-refractivity contribution in [3.63, 3.8) is 0 Å². The molecule has 0 aliphatic carbocycles. The van der Waals surface area contributed by atoms with Gasteiger partial charge in [0.1, 0.15) is 0 Å². The molecule has 1 N–H and O–H groups in total. The van der Waals surface area contributed by atoms with E-state index in [1.54, 1.807) is 22.4 Å². The first-order valence-electron chi connectivity index (χ1n) is 3.75. The summed E-state index contributed by atoms with van der Waals surface area (Å²) in [5.74, 6) is 0. The Hall–Kier alpha value is -1.10. The van der Waals surface area contributed by atoms with E-state index in [0.29, 0.717) is 0 Å². The predicted molar refractivity (Wildman–Crippen MR) is 47.6 cm³/mol. The minimum Gasteiger partial charge on any atom is -0.336 e. The zero-order valence-corrected chi connectivity index (χ0v) is 7.52. The van der Waals surface area contributed by atoms with E-state index in [4.69, 9.17) is 0 Å². The lowest BCUT2D eigenvalue weighted by Gasteiger charge is -2.08. The smallest absolute Gasteiger partial charge is 0.323 e. The molecule has 1 saturated heterocycles. The number of hydrogen-bond acceptors (Lipinski definition) is 3. The van der Waals surface area contributed by atoms with Gasteiger partial charge in [-0.15, -0.1) is 11.3 Å². The molecule has 64 valence electrons. The minimum atomic E-state index is -0.0376. The Morgan fingerprint density at radius 1 is 1.75 bits per heavy atom. The first-order chi connectivity index (χ1) is 5.77. The van der Waals surface area contributed by atoms with Crippen LogP contribution in [0.25, 0.3) is 0 Å². The lowest BCUT2D eigenvalue weighted by Crippen LogP contribution is -2.27. The van der Waals surface area contributed by atoms with Gasteiger partial charge in [0.2, 0.25) is 0 Å². The van der Waals surface area contributed by atoms with Gasteiger partial charge in [-0.3, -0.25) is 4.90 Å². The molecule has 2 heterocycles. The van der Waals surface area contributed by atoms with Gasteiger partial charge in [-0.2, -0.15) is 0 Å². The van der Waals surface area contributed by atoms with Crippen molar-refractivity contribution in [2.45, 2.75) is 6.92 Å². The minimum absolute atomic E-state index is 0.0376. The van der Waals surface area contributed by atoms with Crippen molar-refractivity contribution in [1.82, 2.24) is 10.3 Å². The number of rotatable bonds is 1. The fourth-order valence-electron chi connectivity index (χ4n) is 1.12. The summed E-state index contributed by atoms with van der Waals surface area (Å²) in [5.41, 5.74) is 0. The maximum absolute atomic E-state index is 11.2. The fourth-order valence-corrected chi connectivity index (χ4v) is 1.90. The van der Waals surface area contributed by atoms with Crippen molar-refractivity contribution in [3.8, 4) is 0 Å². The molecular formula is C7H9N3OS. The van der Waals surface area contributed by atoms with Crippen LogP contribution in [0.15, 0.2) is 6.20 Å². The summed E-state index contributed by atoms with van der Waals surface area (Å²) < 4.78 is 0. The number of aromatic nitrogens is 1. The number of anilines is 1. The average molecular weight is 183 g/mol. The molecule has 12 heavy (non-hydrogen) atoms. The summed E-state index contributed by atoms with van der Waals surface area (Å²) >= 11 is 1.54. The average Bonchev–Trinajstić information content (AvgIpc) is 2.58. The van der Waals surface area contributed by atoms with Gasteiger partial charge in [0, 0.05) is 24.2 Å². The van der Waals surface area contributed by atoms with E-state index in [1.165, 1.54) is 0 Å². The third-order valence-corrected chi connectivity index (χ3v) is 2.63. The van der Waals surface area contributed by atoms with Gasteiger partial charge >= 0.3 is 6.03 Å². The van der Waals surface area contributed by atoms with Crippen LogP contribution in [0.4, 0.5) is 9.93 Å². The van der Waals surface area contributed by atoms with E-state index in [-0.39, 0.29) is 6.03 Å². The van der Waals surface area contributed by atoms with Gasteiger partial charge in [0.25, 0.3) is 0 Å². The number of hydrogen-bond donors (Lipinski definition) is 1. The van der Waals surface area contributed by atoms with Gasteiger partial charge in [-0.05, 0) is 6.92 Å². The van der Waals surface area contributed by atoms with Gasteiger partial charge in [0.05, 0.1) is 0 Å². The first-order valence-corrected chi connectivity index (χ1v) is 4.57. The Bertz CT molecular complexity index is 309. The van der Waals surface area contributed by atoms with Crippen LogP contribution in [0.1, 0.15) is 4.88 Å². The largest absolute Gasteiger partial charge is 0.336 e. The summed E-state index contributed by atoms with van der Waals surface area (Å²) in [7, 11) is 0. The Kier molecular flexibility index (Phi) is 1.73. The molecule has 2 amide bonds. The number of thiazole rings is 1. The van der Waals surface area contributed by atoms with Crippen LogP contribution in [0.3, 0.4) is 0 Å². The fraction of sp³-hybridized carbons (Fsp3) is 0.429. The van der Waals surface area contributed by atoms with E-state index in [1.807, 2.05) is 6.92 Å². The van der Waals surface area contributed by atoms with Crippen molar-refractivity contribution in [2.24, 2.45) is 0 Å². The molecule has 0 atom stereocenters. The van der Waals surface area contributed by atoms with Crippen LogP contribution < -0.4 is 10.2 Å². The molecule has 4 nitrogen and oxygen atoms in total. The van der Waals surface area contributed by atoms with E-state index >= 15 is 0 Å². The molecule has 1 aliphatic rings. The Labute approximate surface area is 74.2 Å². The first kappa shape index (κ1) is 7.54. The molecule has 0 spiro atoms. The van der Waals surface area contributed by atoms with Crippen molar-refractivity contribution in [1.29, 1.82) is 0 Å². The zero-order valence-electron chi connectivity index (χ0n) is 6.70. The van der Waals surface area contributed by atoms with E-state index in [2.05, 4.69) is 10.3 Å². The number of nitrogens with zero attached hydrogens (tertiary/aromatic N) is 2. The molecule has 0 saturated carbocycles. The van der Waals surface area contributed by atoms with Crippen molar-refractivity contribution >= 4 is 22.5 Å². The third kappa shape index (κ3) is 1.16. The molecule has 0 aromatic carbocycles. The predicted octanol–water partition coefficient (Wildman–Crippen LogP) is 0.981. The summed E-state index contributed by atoms with van der Waals surface area (Å²) in [6, 6.07) is -0.0376. The number of nitrogens with one attached hydrogen (secondary N) is 1. The Morgan fingerprint density at radius 2 is 2.58 bits per heavy atom. The molecule has 1 aromatic heterocycles. The highest BCUT2D eigenvalue weighted by atomic mass is 32.1. The van der Waals surface area contributed by atoms with Crippen LogP contribution in [0.5, 0.6) is 0 Å². The maximum Gasteiger partial charge on any atom is 0.323 e. The molecule has 0 unspecified atom stereocenters. The van der Waals surface area contributed by atoms with E-state index in [0.717, 1.165) is 23.1 Å². The number of carbonyl (C=O) groups is 1.